The van der Waals surface area contributed by atoms with Crippen LogP contribution in [0.25, 0.3) is 10.1 Å². The van der Waals surface area contributed by atoms with Crippen molar-refractivity contribution in [3.63, 3.8) is 0 Å². The zero-order chi connectivity index (χ0) is 14.1. The average Bonchev–Trinajstić information content (AvgIpc) is 2.94. The Morgan fingerprint density at radius 1 is 1.30 bits per heavy atom. The normalized spacial score (nSPS) is 19.2. The molecule has 1 fully saturated rings. The molecule has 2 heterocycles. The molecule has 0 saturated carbocycles. The van der Waals surface area contributed by atoms with Gasteiger partial charge in [0.2, 0.25) is 5.91 Å². The van der Waals surface area contributed by atoms with E-state index < -0.39 is 0 Å². The second kappa shape index (κ2) is 5.25. The van der Waals surface area contributed by atoms with E-state index in [1.807, 2.05) is 29.6 Å². The zero-order valence-electron chi connectivity index (χ0n) is 11.0. The number of carbonyl (C=O) groups excluding carboxylic acids is 2. The first-order chi connectivity index (χ1) is 9.65. The van der Waals surface area contributed by atoms with Crippen LogP contribution in [-0.2, 0) is 4.79 Å². The van der Waals surface area contributed by atoms with Crippen LogP contribution in [0.4, 0.5) is 0 Å². The molecular formula is C15H16N2O2S. The second-order valence-electron chi connectivity index (χ2n) is 5.17. The average molecular weight is 288 g/mol. The Hall–Kier alpha value is -1.88. The van der Waals surface area contributed by atoms with Crippen molar-refractivity contribution in [2.24, 2.45) is 11.7 Å². The fourth-order valence-corrected chi connectivity index (χ4v) is 3.45. The third kappa shape index (κ3) is 2.41. The van der Waals surface area contributed by atoms with E-state index >= 15 is 0 Å². The van der Waals surface area contributed by atoms with Crippen molar-refractivity contribution in [3.05, 3.63) is 35.2 Å². The van der Waals surface area contributed by atoms with Gasteiger partial charge in [-0.05, 0) is 47.9 Å². The summed E-state index contributed by atoms with van der Waals surface area (Å²) in [5.74, 6) is -0.530. The maximum atomic E-state index is 12.5. The number of likely N-dealkylation sites (tertiary alicyclic amines) is 1. The number of thiophene rings is 1. The topological polar surface area (TPSA) is 63.4 Å². The number of benzene rings is 1. The molecule has 5 heteroatoms. The molecule has 2 N–H and O–H groups in total. The highest BCUT2D eigenvalue weighted by atomic mass is 32.1. The number of piperidine rings is 1. The lowest BCUT2D eigenvalue weighted by molar-refractivity contribution is -0.123. The fourth-order valence-electron chi connectivity index (χ4n) is 2.68. The highest BCUT2D eigenvalue weighted by Gasteiger charge is 2.27. The van der Waals surface area contributed by atoms with Crippen LogP contribution in [0.3, 0.4) is 0 Å². The van der Waals surface area contributed by atoms with Crippen molar-refractivity contribution in [3.8, 4) is 0 Å². The summed E-state index contributed by atoms with van der Waals surface area (Å²) in [5, 5.41) is 3.10. The Kier molecular flexibility index (Phi) is 3.44. The molecule has 1 atom stereocenters. The Labute approximate surface area is 121 Å². The molecule has 20 heavy (non-hydrogen) atoms. The molecule has 104 valence electrons. The van der Waals surface area contributed by atoms with E-state index in [0.717, 1.165) is 18.2 Å². The molecule has 4 nitrogen and oxygen atoms in total. The Morgan fingerprint density at radius 2 is 2.15 bits per heavy atom. The van der Waals surface area contributed by atoms with Crippen LogP contribution in [0.5, 0.6) is 0 Å². The lowest BCUT2D eigenvalue weighted by Gasteiger charge is -2.31. The highest BCUT2D eigenvalue weighted by Crippen LogP contribution is 2.24. The van der Waals surface area contributed by atoms with E-state index in [1.165, 1.54) is 4.70 Å². The Balaban J connectivity index is 1.82. The number of hydrogen-bond donors (Lipinski definition) is 1. The Morgan fingerprint density at radius 3 is 2.95 bits per heavy atom. The van der Waals surface area contributed by atoms with E-state index in [1.54, 1.807) is 16.2 Å². The quantitative estimate of drug-likeness (QED) is 0.921. The van der Waals surface area contributed by atoms with Crippen molar-refractivity contribution in [2.45, 2.75) is 12.8 Å². The van der Waals surface area contributed by atoms with Gasteiger partial charge in [-0.1, -0.05) is 0 Å². The third-order valence-corrected chi connectivity index (χ3v) is 4.71. The first-order valence-corrected chi connectivity index (χ1v) is 7.59. The van der Waals surface area contributed by atoms with Crippen LogP contribution >= 0.6 is 11.3 Å². The SMILES string of the molecule is NC(=O)[C@H]1CCCN(C(=O)c2ccc3sccc3c2)C1. The van der Waals surface area contributed by atoms with Crippen molar-refractivity contribution in [1.82, 2.24) is 4.90 Å². The minimum atomic E-state index is -0.309. The number of rotatable bonds is 2. The first kappa shape index (κ1) is 13.1. The van der Waals surface area contributed by atoms with Crippen LogP contribution in [0, 0.1) is 5.92 Å². The molecule has 1 aromatic carbocycles. The van der Waals surface area contributed by atoms with Gasteiger partial charge in [-0.25, -0.2) is 0 Å². The number of fused-ring (bicyclic) bond motifs is 1. The predicted octanol–water partition coefficient (Wildman–Crippen LogP) is 2.24. The minimum absolute atomic E-state index is 0.0101. The maximum Gasteiger partial charge on any atom is 0.253 e. The van der Waals surface area contributed by atoms with Gasteiger partial charge in [-0.15, -0.1) is 11.3 Å². The maximum absolute atomic E-state index is 12.5. The van der Waals surface area contributed by atoms with Crippen LogP contribution < -0.4 is 5.73 Å². The van der Waals surface area contributed by atoms with Gasteiger partial charge in [0.05, 0.1) is 5.92 Å². The molecular weight excluding hydrogens is 272 g/mol. The summed E-state index contributed by atoms with van der Waals surface area (Å²) >= 11 is 1.66. The number of amides is 2. The molecule has 1 saturated heterocycles. The molecule has 2 amide bonds. The largest absolute Gasteiger partial charge is 0.369 e. The zero-order valence-corrected chi connectivity index (χ0v) is 11.9. The van der Waals surface area contributed by atoms with Crippen LogP contribution in [0.1, 0.15) is 23.2 Å². The van der Waals surface area contributed by atoms with Gasteiger partial charge in [0.1, 0.15) is 0 Å². The third-order valence-electron chi connectivity index (χ3n) is 3.81. The molecule has 0 radical (unpaired) electrons. The molecule has 0 spiro atoms. The molecule has 0 aliphatic carbocycles. The fraction of sp³-hybridized carbons (Fsp3) is 0.333. The lowest BCUT2D eigenvalue weighted by atomic mass is 9.97. The lowest BCUT2D eigenvalue weighted by Crippen LogP contribution is -2.44. The summed E-state index contributed by atoms with van der Waals surface area (Å²) in [5.41, 5.74) is 6.03. The van der Waals surface area contributed by atoms with Crippen molar-refractivity contribution in [1.29, 1.82) is 0 Å². The molecule has 1 aliphatic heterocycles. The molecule has 2 aromatic rings. The van der Waals surface area contributed by atoms with Gasteiger partial charge in [-0.3, -0.25) is 9.59 Å². The second-order valence-corrected chi connectivity index (χ2v) is 6.11. The van der Waals surface area contributed by atoms with E-state index in [2.05, 4.69) is 0 Å². The summed E-state index contributed by atoms with van der Waals surface area (Å²) in [7, 11) is 0. The predicted molar refractivity (Wildman–Crippen MR) is 79.6 cm³/mol. The molecule has 1 aliphatic rings. The number of primary amides is 1. The number of hydrogen-bond acceptors (Lipinski definition) is 3. The summed E-state index contributed by atoms with van der Waals surface area (Å²) in [6.45, 7) is 1.14. The van der Waals surface area contributed by atoms with Crippen molar-refractivity contribution < 1.29 is 9.59 Å². The van der Waals surface area contributed by atoms with Crippen molar-refractivity contribution >= 4 is 33.2 Å². The number of carbonyl (C=O) groups is 2. The van der Waals surface area contributed by atoms with Crippen molar-refractivity contribution in [2.75, 3.05) is 13.1 Å². The number of nitrogens with two attached hydrogens (primary N) is 1. The van der Waals surface area contributed by atoms with Gasteiger partial charge in [0.25, 0.3) is 5.91 Å². The van der Waals surface area contributed by atoms with Gasteiger partial charge in [0, 0.05) is 23.4 Å². The first-order valence-electron chi connectivity index (χ1n) is 6.71. The summed E-state index contributed by atoms with van der Waals surface area (Å²) in [6, 6.07) is 7.76. The molecule has 3 rings (SSSR count). The van der Waals surface area contributed by atoms with Crippen LogP contribution in [0.2, 0.25) is 0 Å². The van der Waals surface area contributed by atoms with Gasteiger partial charge in [0.15, 0.2) is 0 Å². The molecule has 0 bridgehead atoms. The smallest absolute Gasteiger partial charge is 0.253 e. The Bertz CT molecular complexity index is 665. The molecule has 0 unspecified atom stereocenters. The van der Waals surface area contributed by atoms with E-state index in [4.69, 9.17) is 5.73 Å². The highest BCUT2D eigenvalue weighted by molar-refractivity contribution is 7.17. The monoisotopic (exact) mass is 288 g/mol. The number of nitrogens with zero attached hydrogens (tertiary/aromatic N) is 1. The van der Waals surface area contributed by atoms with E-state index in [-0.39, 0.29) is 17.7 Å². The minimum Gasteiger partial charge on any atom is -0.369 e. The van der Waals surface area contributed by atoms with E-state index in [0.29, 0.717) is 18.7 Å². The summed E-state index contributed by atoms with van der Waals surface area (Å²) in [4.78, 5) is 25.5. The van der Waals surface area contributed by atoms with Crippen LogP contribution in [0.15, 0.2) is 29.6 Å². The van der Waals surface area contributed by atoms with E-state index in [9.17, 15) is 9.59 Å². The van der Waals surface area contributed by atoms with Gasteiger partial charge >= 0.3 is 0 Å². The van der Waals surface area contributed by atoms with Gasteiger partial charge < -0.3 is 10.6 Å². The standard InChI is InChI=1S/C15H16N2O2S/c16-14(18)12-2-1-6-17(9-12)15(19)11-3-4-13-10(8-11)5-7-20-13/h3-5,7-8,12H,1-2,6,9H2,(H2,16,18)/t12-/m0/s1. The molecule has 1 aromatic heterocycles. The summed E-state index contributed by atoms with van der Waals surface area (Å²) in [6.07, 6.45) is 1.61. The van der Waals surface area contributed by atoms with Gasteiger partial charge in [-0.2, -0.15) is 0 Å². The summed E-state index contributed by atoms with van der Waals surface area (Å²) < 4.78 is 1.18. The van der Waals surface area contributed by atoms with Crippen LogP contribution in [-0.4, -0.2) is 29.8 Å².